The molecule has 18 heavy (non-hydrogen) atoms. The lowest BCUT2D eigenvalue weighted by atomic mass is 9.78. The number of rotatable bonds is 3. The molecule has 2 nitrogen and oxygen atoms in total. The second-order valence-corrected chi connectivity index (χ2v) is 5.69. The molecule has 0 heterocycles. The zero-order valence-electron chi connectivity index (χ0n) is 11.6. The van der Waals surface area contributed by atoms with Crippen molar-refractivity contribution in [3.05, 3.63) is 29.3 Å². The van der Waals surface area contributed by atoms with E-state index in [2.05, 4.69) is 6.92 Å². The fourth-order valence-electron chi connectivity index (χ4n) is 2.96. The SMILES string of the molecule is COc1ccc(C(O)C2CCC(C)CC2)c(C)c1. The van der Waals surface area contributed by atoms with Crippen LogP contribution < -0.4 is 4.74 Å². The van der Waals surface area contributed by atoms with Gasteiger partial charge in [-0.25, -0.2) is 0 Å². The number of methoxy groups -OCH3 is 1. The van der Waals surface area contributed by atoms with Crippen LogP contribution in [0, 0.1) is 18.8 Å². The predicted molar refractivity (Wildman–Crippen MR) is 73.8 cm³/mol. The van der Waals surface area contributed by atoms with Crippen LogP contribution in [0.1, 0.15) is 49.8 Å². The second kappa shape index (κ2) is 5.75. The molecule has 0 amide bonds. The third-order valence-electron chi connectivity index (χ3n) is 4.30. The van der Waals surface area contributed by atoms with Gasteiger partial charge >= 0.3 is 0 Å². The van der Waals surface area contributed by atoms with E-state index in [4.69, 9.17) is 4.74 Å². The van der Waals surface area contributed by atoms with Crippen molar-refractivity contribution < 1.29 is 9.84 Å². The number of hydrogen-bond donors (Lipinski definition) is 1. The zero-order chi connectivity index (χ0) is 13.1. The van der Waals surface area contributed by atoms with E-state index in [1.54, 1.807) is 7.11 Å². The van der Waals surface area contributed by atoms with Crippen LogP contribution in [-0.4, -0.2) is 12.2 Å². The first-order valence-electron chi connectivity index (χ1n) is 6.94. The minimum absolute atomic E-state index is 0.316. The smallest absolute Gasteiger partial charge is 0.119 e. The Kier molecular flexibility index (Phi) is 4.28. The van der Waals surface area contributed by atoms with Gasteiger partial charge in [0.25, 0.3) is 0 Å². The van der Waals surface area contributed by atoms with Gasteiger partial charge in [-0.1, -0.05) is 25.8 Å². The molecule has 100 valence electrons. The van der Waals surface area contributed by atoms with E-state index in [0.717, 1.165) is 35.6 Å². The molecule has 0 aliphatic heterocycles. The Hall–Kier alpha value is -1.02. The molecule has 2 rings (SSSR count). The molecule has 1 fully saturated rings. The molecule has 1 aliphatic rings. The molecule has 0 spiro atoms. The Balaban J connectivity index is 2.11. The number of aryl methyl sites for hydroxylation is 1. The monoisotopic (exact) mass is 248 g/mol. The molecule has 1 aliphatic carbocycles. The second-order valence-electron chi connectivity index (χ2n) is 5.69. The maximum atomic E-state index is 10.5. The van der Waals surface area contributed by atoms with Gasteiger partial charge in [-0.15, -0.1) is 0 Å². The first-order chi connectivity index (χ1) is 8.61. The zero-order valence-corrected chi connectivity index (χ0v) is 11.6. The van der Waals surface area contributed by atoms with E-state index < -0.39 is 0 Å². The normalized spacial score (nSPS) is 25.8. The number of hydrogen-bond acceptors (Lipinski definition) is 2. The van der Waals surface area contributed by atoms with Gasteiger partial charge in [0.05, 0.1) is 13.2 Å². The summed E-state index contributed by atoms with van der Waals surface area (Å²) in [6.45, 7) is 4.35. The van der Waals surface area contributed by atoms with Crippen LogP contribution in [0.5, 0.6) is 5.75 Å². The number of benzene rings is 1. The Labute approximate surface area is 110 Å². The van der Waals surface area contributed by atoms with E-state index >= 15 is 0 Å². The molecule has 1 N–H and O–H groups in total. The summed E-state index contributed by atoms with van der Waals surface area (Å²) in [7, 11) is 1.67. The van der Waals surface area contributed by atoms with E-state index in [0.29, 0.717) is 5.92 Å². The first-order valence-corrected chi connectivity index (χ1v) is 6.94. The highest BCUT2D eigenvalue weighted by atomic mass is 16.5. The third-order valence-corrected chi connectivity index (χ3v) is 4.30. The molecule has 1 aromatic carbocycles. The molecule has 0 saturated heterocycles. The number of aliphatic hydroxyl groups excluding tert-OH is 1. The standard InChI is InChI=1S/C16H24O2/c1-11-4-6-13(7-5-11)16(17)15-9-8-14(18-3)10-12(15)2/h8-11,13,16-17H,4-7H2,1-3H3. The van der Waals surface area contributed by atoms with Gasteiger partial charge in [0.1, 0.15) is 5.75 Å². The minimum atomic E-state index is -0.316. The summed E-state index contributed by atoms with van der Waals surface area (Å²) in [5, 5.41) is 10.5. The van der Waals surface area contributed by atoms with Crippen molar-refractivity contribution in [3.63, 3.8) is 0 Å². The fourth-order valence-corrected chi connectivity index (χ4v) is 2.96. The van der Waals surface area contributed by atoms with Crippen molar-refractivity contribution in [1.29, 1.82) is 0 Å². The Morgan fingerprint density at radius 3 is 2.44 bits per heavy atom. The first kappa shape index (κ1) is 13.4. The maximum absolute atomic E-state index is 10.5. The van der Waals surface area contributed by atoms with Gasteiger partial charge < -0.3 is 9.84 Å². The Morgan fingerprint density at radius 2 is 1.89 bits per heavy atom. The molecule has 1 atom stereocenters. The molecule has 1 unspecified atom stereocenters. The Morgan fingerprint density at radius 1 is 1.22 bits per heavy atom. The fraction of sp³-hybridized carbons (Fsp3) is 0.625. The third kappa shape index (κ3) is 2.86. The molecule has 0 radical (unpaired) electrons. The summed E-state index contributed by atoms with van der Waals surface area (Å²) in [4.78, 5) is 0. The quantitative estimate of drug-likeness (QED) is 0.880. The van der Waals surface area contributed by atoms with Gasteiger partial charge in [0.2, 0.25) is 0 Å². The van der Waals surface area contributed by atoms with Crippen molar-refractivity contribution in [2.24, 2.45) is 11.8 Å². The number of aliphatic hydroxyl groups is 1. The van der Waals surface area contributed by atoms with Gasteiger partial charge in [-0.3, -0.25) is 0 Å². The molecule has 0 aromatic heterocycles. The van der Waals surface area contributed by atoms with Crippen LogP contribution in [-0.2, 0) is 0 Å². The summed E-state index contributed by atoms with van der Waals surface area (Å²) in [6, 6.07) is 5.96. The van der Waals surface area contributed by atoms with Crippen molar-refractivity contribution in [3.8, 4) is 5.75 Å². The molecule has 1 aromatic rings. The highest BCUT2D eigenvalue weighted by molar-refractivity contribution is 5.36. The molecular weight excluding hydrogens is 224 g/mol. The average Bonchev–Trinajstić information content (AvgIpc) is 2.38. The average molecular weight is 248 g/mol. The summed E-state index contributed by atoms with van der Waals surface area (Å²) >= 11 is 0. The molecule has 0 bridgehead atoms. The van der Waals surface area contributed by atoms with Crippen molar-refractivity contribution in [1.82, 2.24) is 0 Å². The van der Waals surface area contributed by atoms with E-state index in [1.165, 1.54) is 12.8 Å². The van der Waals surface area contributed by atoms with Crippen LogP contribution in [0.25, 0.3) is 0 Å². The lowest BCUT2D eigenvalue weighted by Crippen LogP contribution is -2.19. The van der Waals surface area contributed by atoms with Gasteiger partial charge in [0, 0.05) is 0 Å². The summed E-state index contributed by atoms with van der Waals surface area (Å²) < 4.78 is 5.21. The van der Waals surface area contributed by atoms with E-state index in [-0.39, 0.29) is 6.10 Å². The van der Waals surface area contributed by atoms with Gasteiger partial charge in [-0.05, 0) is 54.9 Å². The lowest BCUT2D eigenvalue weighted by molar-refractivity contribution is 0.0750. The van der Waals surface area contributed by atoms with Crippen LogP contribution in [0.4, 0.5) is 0 Å². The lowest BCUT2D eigenvalue weighted by Gasteiger charge is -2.30. The topological polar surface area (TPSA) is 29.5 Å². The maximum Gasteiger partial charge on any atom is 0.119 e. The number of ether oxygens (including phenoxy) is 1. The van der Waals surface area contributed by atoms with Crippen LogP contribution in [0.2, 0.25) is 0 Å². The highest BCUT2D eigenvalue weighted by Gasteiger charge is 2.26. The van der Waals surface area contributed by atoms with Gasteiger partial charge in [0.15, 0.2) is 0 Å². The van der Waals surface area contributed by atoms with Crippen LogP contribution in [0.15, 0.2) is 18.2 Å². The molecular formula is C16H24O2. The van der Waals surface area contributed by atoms with E-state index in [1.807, 2.05) is 25.1 Å². The summed E-state index contributed by atoms with van der Waals surface area (Å²) in [5.74, 6) is 2.11. The summed E-state index contributed by atoms with van der Waals surface area (Å²) in [6.07, 6.45) is 4.47. The van der Waals surface area contributed by atoms with Crippen molar-refractivity contribution in [2.75, 3.05) is 7.11 Å². The molecule has 1 saturated carbocycles. The van der Waals surface area contributed by atoms with E-state index in [9.17, 15) is 5.11 Å². The van der Waals surface area contributed by atoms with Crippen molar-refractivity contribution >= 4 is 0 Å². The van der Waals surface area contributed by atoms with Crippen LogP contribution in [0.3, 0.4) is 0 Å². The molecule has 2 heteroatoms. The largest absolute Gasteiger partial charge is 0.497 e. The summed E-state index contributed by atoms with van der Waals surface area (Å²) in [5.41, 5.74) is 2.19. The van der Waals surface area contributed by atoms with Crippen molar-refractivity contribution in [2.45, 2.75) is 45.6 Å². The Bertz CT molecular complexity index is 392. The van der Waals surface area contributed by atoms with Gasteiger partial charge in [-0.2, -0.15) is 0 Å². The highest BCUT2D eigenvalue weighted by Crippen LogP contribution is 2.38. The van der Waals surface area contributed by atoms with Crippen LogP contribution >= 0.6 is 0 Å². The minimum Gasteiger partial charge on any atom is -0.497 e. The predicted octanol–water partition coefficient (Wildman–Crippen LogP) is 3.86.